The van der Waals surface area contributed by atoms with Crippen LogP contribution < -0.4 is 14.9 Å². The van der Waals surface area contributed by atoms with Gasteiger partial charge in [0.25, 0.3) is 0 Å². The van der Waals surface area contributed by atoms with E-state index in [-0.39, 0.29) is 4.90 Å². The van der Waals surface area contributed by atoms with E-state index in [1.165, 1.54) is 7.05 Å². The van der Waals surface area contributed by atoms with Crippen LogP contribution in [0.2, 0.25) is 0 Å². The van der Waals surface area contributed by atoms with Gasteiger partial charge in [0.2, 0.25) is 16.0 Å². The predicted octanol–water partition coefficient (Wildman–Crippen LogP) is 3.40. The zero-order chi connectivity index (χ0) is 23.0. The molecule has 0 aliphatic heterocycles. The van der Waals surface area contributed by atoms with E-state index in [1.807, 2.05) is 48.8 Å². The van der Waals surface area contributed by atoms with Gasteiger partial charge >= 0.3 is 0 Å². The van der Waals surface area contributed by atoms with Crippen molar-refractivity contribution in [3.63, 3.8) is 0 Å². The van der Waals surface area contributed by atoms with Crippen molar-refractivity contribution < 1.29 is 8.42 Å². The van der Waals surface area contributed by atoms with Crippen LogP contribution in [0.25, 0.3) is 10.9 Å². The van der Waals surface area contributed by atoms with Crippen molar-refractivity contribution in [3.05, 3.63) is 59.9 Å². The van der Waals surface area contributed by atoms with Gasteiger partial charge in [-0.3, -0.25) is 4.68 Å². The third-order valence-electron chi connectivity index (χ3n) is 5.49. The number of sulfonamides is 1. The third kappa shape index (κ3) is 4.02. The van der Waals surface area contributed by atoms with Gasteiger partial charge in [0.15, 0.2) is 0 Å². The highest BCUT2D eigenvalue weighted by Crippen LogP contribution is 2.28. The SMILES string of the molecule is CNS(=O)(=O)c1cc(Nc2nccc(N(C)c3ccc4c(C)n(C)nc4c3)n2)ccc1C. The van der Waals surface area contributed by atoms with E-state index in [2.05, 4.69) is 31.2 Å². The van der Waals surface area contributed by atoms with Crippen molar-refractivity contribution in [1.82, 2.24) is 24.5 Å². The first-order valence-corrected chi connectivity index (χ1v) is 11.5. The van der Waals surface area contributed by atoms with Gasteiger partial charge in [-0.15, -0.1) is 0 Å². The van der Waals surface area contributed by atoms with Crippen molar-refractivity contribution in [2.24, 2.45) is 7.05 Å². The summed E-state index contributed by atoms with van der Waals surface area (Å²) in [6.07, 6.45) is 1.66. The number of anilines is 4. The lowest BCUT2D eigenvalue weighted by molar-refractivity contribution is 0.587. The second-order valence-corrected chi connectivity index (χ2v) is 9.38. The third-order valence-corrected chi connectivity index (χ3v) is 7.04. The molecule has 0 aliphatic rings. The summed E-state index contributed by atoms with van der Waals surface area (Å²) in [7, 11) is 1.68. The van der Waals surface area contributed by atoms with Crippen LogP contribution >= 0.6 is 0 Å². The molecule has 2 aromatic carbocycles. The molecule has 9 nitrogen and oxygen atoms in total. The first-order chi connectivity index (χ1) is 15.2. The lowest BCUT2D eigenvalue weighted by Gasteiger charge is -2.19. The number of aromatic nitrogens is 4. The molecule has 0 saturated carbocycles. The standard InChI is InChI=1S/C22H25N7O2S/c1-14-6-7-16(12-20(14)32(30,31)23-3)25-22-24-11-10-21(26-22)28(4)17-8-9-18-15(2)29(5)27-19(18)13-17/h6-13,23H,1-5H3,(H,24,25,26). The van der Waals surface area contributed by atoms with Gasteiger partial charge in [-0.2, -0.15) is 10.1 Å². The number of nitrogens with zero attached hydrogens (tertiary/aromatic N) is 5. The first kappa shape index (κ1) is 21.7. The highest BCUT2D eigenvalue weighted by atomic mass is 32.2. The largest absolute Gasteiger partial charge is 0.329 e. The van der Waals surface area contributed by atoms with E-state index in [0.29, 0.717) is 23.0 Å². The zero-order valence-corrected chi connectivity index (χ0v) is 19.4. The number of fused-ring (bicyclic) bond motifs is 1. The minimum atomic E-state index is -3.57. The molecule has 0 spiro atoms. The molecule has 32 heavy (non-hydrogen) atoms. The number of rotatable bonds is 6. The minimum Gasteiger partial charge on any atom is -0.329 e. The Bertz CT molecular complexity index is 1410. The van der Waals surface area contributed by atoms with Crippen LogP contribution in [-0.4, -0.2) is 42.3 Å². The van der Waals surface area contributed by atoms with Gasteiger partial charge in [-0.1, -0.05) is 6.07 Å². The number of nitrogens with one attached hydrogen (secondary N) is 2. The quantitative estimate of drug-likeness (QED) is 0.463. The number of benzene rings is 2. The summed E-state index contributed by atoms with van der Waals surface area (Å²) in [6, 6.07) is 13.0. The molecule has 0 saturated heterocycles. The van der Waals surface area contributed by atoms with Crippen LogP contribution in [-0.2, 0) is 17.1 Å². The van der Waals surface area contributed by atoms with Gasteiger partial charge in [0.1, 0.15) is 5.82 Å². The van der Waals surface area contributed by atoms with E-state index < -0.39 is 10.0 Å². The average Bonchev–Trinajstić information content (AvgIpc) is 3.07. The van der Waals surface area contributed by atoms with Crippen molar-refractivity contribution in [2.45, 2.75) is 18.7 Å². The molecule has 2 N–H and O–H groups in total. The Balaban J connectivity index is 1.62. The topological polar surface area (TPSA) is 105 Å². The number of aryl methyl sites for hydroxylation is 3. The molecule has 10 heteroatoms. The molecule has 0 aliphatic carbocycles. The fourth-order valence-corrected chi connectivity index (χ4v) is 4.46. The Morgan fingerprint density at radius 3 is 2.59 bits per heavy atom. The summed E-state index contributed by atoms with van der Waals surface area (Å²) in [5.74, 6) is 1.05. The fourth-order valence-electron chi connectivity index (χ4n) is 3.46. The molecule has 0 atom stereocenters. The number of hydrogen-bond donors (Lipinski definition) is 2. The monoisotopic (exact) mass is 451 g/mol. The predicted molar refractivity (Wildman–Crippen MR) is 126 cm³/mol. The average molecular weight is 452 g/mol. The van der Waals surface area contributed by atoms with E-state index >= 15 is 0 Å². The Kier molecular flexibility index (Phi) is 5.57. The summed E-state index contributed by atoms with van der Waals surface area (Å²) in [5.41, 5.74) is 4.20. The van der Waals surface area contributed by atoms with Gasteiger partial charge in [0, 0.05) is 42.7 Å². The minimum absolute atomic E-state index is 0.206. The van der Waals surface area contributed by atoms with Crippen LogP contribution in [0, 0.1) is 13.8 Å². The van der Waals surface area contributed by atoms with Gasteiger partial charge in [-0.05, 0) is 62.9 Å². The van der Waals surface area contributed by atoms with Crippen molar-refractivity contribution in [3.8, 4) is 0 Å². The molecule has 2 heterocycles. The zero-order valence-electron chi connectivity index (χ0n) is 18.6. The summed E-state index contributed by atoms with van der Waals surface area (Å²) in [6.45, 7) is 3.79. The summed E-state index contributed by atoms with van der Waals surface area (Å²) < 4.78 is 28.7. The summed E-state index contributed by atoms with van der Waals surface area (Å²) in [4.78, 5) is 11.0. The van der Waals surface area contributed by atoms with Crippen LogP contribution in [0.1, 0.15) is 11.3 Å². The Hall–Kier alpha value is -3.50. The van der Waals surface area contributed by atoms with Gasteiger partial charge in [-0.25, -0.2) is 18.1 Å². The second kappa shape index (κ2) is 8.21. The Morgan fingerprint density at radius 1 is 1.06 bits per heavy atom. The normalized spacial score (nSPS) is 11.7. The molecule has 0 radical (unpaired) electrons. The molecular weight excluding hydrogens is 426 g/mol. The van der Waals surface area contributed by atoms with Crippen molar-refractivity contribution in [2.75, 3.05) is 24.3 Å². The van der Waals surface area contributed by atoms with Crippen LogP contribution in [0.5, 0.6) is 0 Å². The van der Waals surface area contributed by atoms with Gasteiger partial charge in [0.05, 0.1) is 10.4 Å². The molecule has 0 fully saturated rings. The van der Waals surface area contributed by atoms with Crippen LogP contribution in [0.3, 0.4) is 0 Å². The highest BCUT2D eigenvalue weighted by molar-refractivity contribution is 7.89. The van der Waals surface area contributed by atoms with Crippen molar-refractivity contribution >= 4 is 44.1 Å². The molecule has 4 rings (SSSR count). The smallest absolute Gasteiger partial charge is 0.240 e. The molecule has 0 bridgehead atoms. The van der Waals surface area contributed by atoms with E-state index in [0.717, 1.165) is 22.3 Å². The molecule has 0 unspecified atom stereocenters. The Morgan fingerprint density at radius 2 is 1.84 bits per heavy atom. The van der Waals surface area contributed by atoms with Gasteiger partial charge < -0.3 is 10.2 Å². The van der Waals surface area contributed by atoms with E-state index in [1.54, 1.807) is 31.3 Å². The fraction of sp³-hybridized carbons (Fsp3) is 0.227. The molecule has 2 aromatic heterocycles. The summed E-state index contributed by atoms with van der Waals surface area (Å²) in [5, 5.41) is 8.77. The maximum atomic E-state index is 12.3. The lowest BCUT2D eigenvalue weighted by atomic mass is 10.2. The first-order valence-electron chi connectivity index (χ1n) is 10.0. The van der Waals surface area contributed by atoms with Crippen LogP contribution in [0.15, 0.2) is 53.6 Å². The molecular formula is C22H25N7O2S. The summed E-state index contributed by atoms with van der Waals surface area (Å²) >= 11 is 0. The highest BCUT2D eigenvalue weighted by Gasteiger charge is 2.16. The Labute approximate surface area is 187 Å². The molecule has 0 amide bonds. The maximum Gasteiger partial charge on any atom is 0.240 e. The maximum absolute atomic E-state index is 12.3. The lowest BCUT2D eigenvalue weighted by Crippen LogP contribution is -2.19. The van der Waals surface area contributed by atoms with E-state index in [9.17, 15) is 8.42 Å². The van der Waals surface area contributed by atoms with Crippen LogP contribution in [0.4, 0.5) is 23.1 Å². The molecule has 166 valence electrons. The second-order valence-electron chi connectivity index (χ2n) is 7.52. The van der Waals surface area contributed by atoms with E-state index in [4.69, 9.17) is 0 Å². The number of hydrogen-bond acceptors (Lipinski definition) is 7. The molecule has 4 aromatic rings. The van der Waals surface area contributed by atoms with Crippen molar-refractivity contribution in [1.29, 1.82) is 0 Å².